The molecule has 0 aliphatic carbocycles. The Hall–Kier alpha value is -1.94. The fourth-order valence-corrected chi connectivity index (χ4v) is 2.85. The van der Waals surface area contributed by atoms with Crippen LogP contribution >= 0.6 is 11.3 Å². The van der Waals surface area contributed by atoms with Gasteiger partial charge in [-0.25, -0.2) is 0 Å². The van der Waals surface area contributed by atoms with E-state index in [9.17, 15) is 9.59 Å². The van der Waals surface area contributed by atoms with E-state index in [1.165, 1.54) is 11.3 Å². The van der Waals surface area contributed by atoms with Gasteiger partial charge in [-0.3, -0.25) is 9.59 Å². The number of hydrogen-bond donors (Lipinski definition) is 1. The number of aryl methyl sites for hydroxylation is 3. The maximum atomic E-state index is 12.0. The Kier molecular flexibility index (Phi) is 4.91. The Labute approximate surface area is 129 Å². The normalized spacial score (nSPS) is 10.4. The second-order valence-electron chi connectivity index (χ2n) is 5.20. The third kappa shape index (κ3) is 4.26. The summed E-state index contributed by atoms with van der Waals surface area (Å²) in [5, 5.41) is 2.88. The third-order valence-corrected chi connectivity index (χ3v) is 4.30. The summed E-state index contributed by atoms with van der Waals surface area (Å²) in [5.74, 6) is -0.0884. The second-order valence-corrected chi connectivity index (χ2v) is 6.49. The van der Waals surface area contributed by atoms with Crippen LogP contribution in [0.2, 0.25) is 0 Å². The van der Waals surface area contributed by atoms with Gasteiger partial charge in [0.1, 0.15) is 0 Å². The van der Waals surface area contributed by atoms with Gasteiger partial charge in [-0.15, -0.1) is 11.3 Å². The average molecular weight is 301 g/mol. The molecular weight excluding hydrogens is 282 g/mol. The molecule has 0 bridgehead atoms. The molecule has 110 valence electrons. The molecule has 1 heterocycles. The van der Waals surface area contributed by atoms with Gasteiger partial charge in [0, 0.05) is 23.4 Å². The zero-order chi connectivity index (χ0) is 15.4. The van der Waals surface area contributed by atoms with Gasteiger partial charge in [0.2, 0.25) is 5.91 Å². The molecule has 1 aromatic heterocycles. The number of rotatable bonds is 5. The molecule has 0 spiro atoms. The smallest absolute Gasteiger partial charge is 0.224 e. The Bertz CT molecular complexity index is 673. The molecular formula is C17H19NO2S. The summed E-state index contributed by atoms with van der Waals surface area (Å²) in [7, 11) is 0. The van der Waals surface area contributed by atoms with Crippen molar-refractivity contribution in [2.24, 2.45) is 0 Å². The number of benzene rings is 1. The summed E-state index contributed by atoms with van der Waals surface area (Å²) in [6, 6.07) is 9.68. The molecule has 3 nitrogen and oxygen atoms in total. The number of hydrogen-bond acceptors (Lipinski definition) is 3. The van der Waals surface area contributed by atoms with Crippen molar-refractivity contribution in [2.45, 2.75) is 33.6 Å². The summed E-state index contributed by atoms with van der Waals surface area (Å²) in [4.78, 5) is 25.8. The fourth-order valence-electron chi connectivity index (χ4n) is 2.02. The topological polar surface area (TPSA) is 46.2 Å². The van der Waals surface area contributed by atoms with Crippen LogP contribution in [0.5, 0.6) is 0 Å². The van der Waals surface area contributed by atoms with Crippen molar-refractivity contribution >= 4 is 28.7 Å². The van der Waals surface area contributed by atoms with Gasteiger partial charge in [0.05, 0.1) is 4.88 Å². The molecule has 0 aliphatic rings. The molecule has 0 fully saturated rings. The molecule has 1 N–H and O–H groups in total. The summed E-state index contributed by atoms with van der Waals surface area (Å²) >= 11 is 1.47. The average Bonchev–Trinajstić information content (AvgIpc) is 2.87. The van der Waals surface area contributed by atoms with E-state index in [1.807, 2.05) is 51.1 Å². The van der Waals surface area contributed by atoms with Gasteiger partial charge >= 0.3 is 0 Å². The summed E-state index contributed by atoms with van der Waals surface area (Å²) in [5.41, 5.74) is 2.94. The minimum absolute atomic E-state index is 0.0317. The van der Waals surface area contributed by atoms with E-state index in [1.54, 1.807) is 0 Å². The first-order valence-corrected chi connectivity index (χ1v) is 7.74. The third-order valence-electron chi connectivity index (χ3n) is 3.26. The molecule has 0 saturated carbocycles. The van der Waals surface area contributed by atoms with Crippen molar-refractivity contribution in [1.29, 1.82) is 0 Å². The van der Waals surface area contributed by atoms with Crippen molar-refractivity contribution in [3.05, 3.63) is 51.2 Å². The molecule has 2 rings (SSSR count). The number of thiophene rings is 1. The van der Waals surface area contributed by atoms with E-state index in [0.717, 1.165) is 26.6 Å². The van der Waals surface area contributed by atoms with E-state index < -0.39 is 0 Å². The van der Waals surface area contributed by atoms with E-state index >= 15 is 0 Å². The van der Waals surface area contributed by atoms with E-state index in [-0.39, 0.29) is 24.5 Å². The minimum atomic E-state index is -0.120. The largest absolute Gasteiger partial charge is 0.326 e. The molecule has 1 aromatic carbocycles. The lowest BCUT2D eigenvalue weighted by Gasteiger charge is -2.09. The molecule has 0 aliphatic heterocycles. The summed E-state index contributed by atoms with van der Waals surface area (Å²) in [6.45, 7) is 5.90. The first kappa shape index (κ1) is 15.4. The Morgan fingerprint density at radius 2 is 1.81 bits per heavy atom. The monoisotopic (exact) mass is 301 g/mol. The molecule has 2 aromatic rings. The fraction of sp³-hybridized carbons (Fsp3) is 0.294. The van der Waals surface area contributed by atoms with Gasteiger partial charge in [0.15, 0.2) is 5.78 Å². The van der Waals surface area contributed by atoms with E-state index in [0.29, 0.717) is 0 Å². The highest BCUT2D eigenvalue weighted by Gasteiger charge is 2.11. The minimum Gasteiger partial charge on any atom is -0.326 e. The maximum absolute atomic E-state index is 12.0. The van der Waals surface area contributed by atoms with Gasteiger partial charge in [-0.1, -0.05) is 12.1 Å². The van der Waals surface area contributed by atoms with Crippen molar-refractivity contribution < 1.29 is 9.59 Å². The second kappa shape index (κ2) is 6.68. The number of amides is 1. The molecule has 0 saturated heterocycles. The number of nitrogens with one attached hydrogen (secondary N) is 1. The highest BCUT2D eigenvalue weighted by atomic mass is 32.1. The predicted molar refractivity (Wildman–Crippen MR) is 87.2 cm³/mol. The van der Waals surface area contributed by atoms with Crippen molar-refractivity contribution in [1.82, 2.24) is 0 Å². The molecule has 1 amide bonds. The lowest BCUT2D eigenvalue weighted by Crippen LogP contribution is -2.14. The standard InChI is InChI=1S/C17H19NO2S/c1-11-4-5-12(2)14(10-11)18-17(20)9-7-15(19)16-8-6-13(3)21-16/h4-6,8,10H,7,9H2,1-3H3,(H,18,20). The van der Waals surface area contributed by atoms with Gasteiger partial charge < -0.3 is 5.32 Å². The molecule has 0 radical (unpaired) electrons. The van der Waals surface area contributed by atoms with E-state index in [2.05, 4.69) is 5.32 Å². The first-order valence-electron chi connectivity index (χ1n) is 6.92. The Balaban J connectivity index is 1.90. The molecule has 0 atom stereocenters. The summed E-state index contributed by atoms with van der Waals surface area (Å²) < 4.78 is 0. The number of anilines is 1. The zero-order valence-electron chi connectivity index (χ0n) is 12.5. The van der Waals surface area contributed by atoms with Crippen LogP contribution < -0.4 is 5.32 Å². The van der Waals surface area contributed by atoms with Crippen LogP contribution in [0.3, 0.4) is 0 Å². The quantitative estimate of drug-likeness (QED) is 0.838. The highest BCUT2D eigenvalue weighted by molar-refractivity contribution is 7.14. The van der Waals surface area contributed by atoms with Gasteiger partial charge in [-0.2, -0.15) is 0 Å². The highest BCUT2D eigenvalue weighted by Crippen LogP contribution is 2.19. The number of ketones is 1. The first-order chi connectivity index (χ1) is 9.95. The van der Waals surface area contributed by atoms with Crippen LogP contribution in [-0.4, -0.2) is 11.7 Å². The van der Waals surface area contributed by atoms with Crippen molar-refractivity contribution in [2.75, 3.05) is 5.32 Å². The van der Waals surface area contributed by atoms with Gasteiger partial charge in [-0.05, 0) is 50.1 Å². The van der Waals surface area contributed by atoms with Crippen LogP contribution in [0.1, 0.15) is 38.5 Å². The van der Waals surface area contributed by atoms with Crippen LogP contribution in [0.25, 0.3) is 0 Å². The van der Waals surface area contributed by atoms with Gasteiger partial charge in [0.25, 0.3) is 0 Å². The number of carbonyl (C=O) groups is 2. The van der Waals surface area contributed by atoms with Crippen LogP contribution in [0.15, 0.2) is 30.3 Å². The maximum Gasteiger partial charge on any atom is 0.224 e. The lowest BCUT2D eigenvalue weighted by molar-refractivity contribution is -0.116. The molecule has 4 heteroatoms. The SMILES string of the molecule is Cc1ccc(C)c(NC(=O)CCC(=O)c2ccc(C)s2)c1. The van der Waals surface area contributed by atoms with Crippen LogP contribution in [-0.2, 0) is 4.79 Å². The number of carbonyl (C=O) groups excluding carboxylic acids is 2. The van der Waals surface area contributed by atoms with Crippen molar-refractivity contribution in [3.8, 4) is 0 Å². The molecule has 0 unspecified atom stereocenters. The number of Topliss-reactive ketones (excluding diaryl/α,β-unsaturated/α-hetero) is 1. The van der Waals surface area contributed by atoms with E-state index in [4.69, 9.17) is 0 Å². The van der Waals surface area contributed by atoms with Crippen LogP contribution in [0.4, 0.5) is 5.69 Å². The van der Waals surface area contributed by atoms with Crippen LogP contribution in [0, 0.1) is 20.8 Å². The Morgan fingerprint density at radius 1 is 1.05 bits per heavy atom. The lowest BCUT2D eigenvalue weighted by atomic mass is 10.1. The zero-order valence-corrected chi connectivity index (χ0v) is 13.3. The van der Waals surface area contributed by atoms with Crippen molar-refractivity contribution in [3.63, 3.8) is 0 Å². The predicted octanol–water partition coefficient (Wildman–Crippen LogP) is 4.27. The Morgan fingerprint density at radius 3 is 2.48 bits per heavy atom. The summed E-state index contributed by atoms with van der Waals surface area (Å²) in [6.07, 6.45) is 0.458. The molecule has 21 heavy (non-hydrogen) atoms.